The molecular formula is C7H13NO2. The van der Waals surface area contributed by atoms with E-state index < -0.39 is 5.97 Å². The lowest BCUT2D eigenvalue weighted by molar-refractivity contribution is -0.138. The molecular weight excluding hydrogens is 130 g/mol. The van der Waals surface area contributed by atoms with Crippen LogP contribution in [-0.2, 0) is 4.79 Å². The molecule has 0 spiro atoms. The molecule has 0 aromatic heterocycles. The van der Waals surface area contributed by atoms with Crippen molar-refractivity contribution in [3.8, 4) is 0 Å². The predicted molar refractivity (Wildman–Crippen MR) is 37.9 cm³/mol. The molecule has 0 amide bonds. The molecule has 0 aliphatic carbocycles. The highest BCUT2D eigenvalue weighted by molar-refractivity contribution is 5.67. The molecule has 0 bridgehead atoms. The summed E-state index contributed by atoms with van der Waals surface area (Å²) in [5.74, 6) is -0.275. The van der Waals surface area contributed by atoms with Crippen LogP contribution in [0, 0.1) is 5.92 Å². The molecule has 0 unspecified atom stereocenters. The molecule has 0 aromatic carbocycles. The second-order valence-corrected chi connectivity index (χ2v) is 3.01. The standard InChI is InChI=1S/C7H13NO2/c1-8-3-2-6(5-8)4-7(9)10/h6H,2-5H2,1H3,(H,9,10)/t6-/m1/s1. The Hall–Kier alpha value is -0.570. The van der Waals surface area contributed by atoms with E-state index in [-0.39, 0.29) is 0 Å². The van der Waals surface area contributed by atoms with E-state index in [2.05, 4.69) is 4.90 Å². The van der Waals surface area contributed by atoms with Gasteiger partial charge in [-0.05, 0) is 25.9 Å². The topological polar surface area (TPSA) is 40.5 Å². The summed E-state index contributed by atoms with van der Waals surface area (Å²) in [5.41, 5.74) is 0. The van der Waals surface area contributed by atoms with Crippen LogP contribution < -0.4 is 0 Å². The Morgan fingerprint density at radius 3 is 2.90 bits per heavy atom. The van der Waals surface area contributed by atoms with Crippen LogP contribution in [0.25, 0.3) is 0 Å². The van der Waals surface area contributed by atoms with Crippen molar-refractivity contribution in [3.63, 3.8) is 0 Å². The first-order valence-electron chi connectivity index (χ1n) is 3.59. The van der Waals surface area contributed by atoms with Crippen LogP contribution in [0.5, 0.6) is 0 Å². The van der Waals surface area contributed by atoms with Crippen LogP contribution in [-0.4, -0.2) is 36.1 Å². The van der Waals surface area contributed by atoms with Gasteiger partial charge in [0.15, 0.2) is 0 Å². The zero-order valence-electron chi connectivity index (χ0n) is 6.21. The van der Waals surface area contributed by atoms with Crippen molar-refractivity contribution in [2.45, 2.75) is 12.8 Å². The van der Waals surface area contributed by atoms with Gasteiger partial charge < -0.3 is 10.0 Å². The monoisotopic (exact) mass is 143 g/mol. The van der Waals surface area contributed by atoms with Gasteiger partial charge in [-0.3, -0.25) is 4.79 Å². The molecule has 1 aliphatic heterocycles. The molecule has 1 rings (SSSR count). The number of nitrogens with zero attached hydrogens (tertiary/aromatic N) is 1. The molecule has 1 heterocycles. The van der Waals surface area contributed by atoms with Gasteiger partial charge in [0.1, 0.15) is 0 Å². The SMILES string of the molecule is CN1CC[C@H](CC(=O)O)C1. The summed E-state index contributed by atoms with van der Waals surface area (Å²) < 4.78 is 0. The minimum Gasteiger partial charge on any atom is -0.481 e. The molecule has 0 aromatic rings. The van der Waals surface area contributed by atoms with Crippen molar-refractivity contribution in [3.05, 3.63) is 0 Å². The Morgan fingerprint density at radius 1 is 1.80 bits per heavy atom. The number of carboxylic acid groups (broad SMARTS) is 1. The molecule has 1 atom stereocenters. The van der Waals surface area contributed by atoms with Crippen LogP contribution in [0.4, 0.5) is 0 Å². The minimum absolute atomic E-state index is 0.338. The van der Waals surface area contributed by atoms with E-state index in [1.807, 2.05) is 7.05 Å². The predicted octanol–water partition coefficient (Wildman–Crippen LogP) is 0.413. The minimum atomic E-state index is -0.666. The van der Waals surface area contributed by atoms with Gasteiger partial charge in [0.25, 0.3) is 0 Å². The van der Waals surface area contributed by atoms with Crippen LogP contribution in [0.1, 0.15) is 12.8 Å². The van der Waals surface area contributed by atoms with Crippen LogP contribution in [0.2, 0.25) is 0 Å². The lowest BCUT2D eigenvalue weighted by Gasteiger charge is -2.06. The number of hydrogen-bond donors (Lipinski definition) is 1. The molecule has 1 saturated heterocycles. The van der Waals surface area contributed by atoms with Crippen molar-refractivity contribution in [1.82, 2.24) is 4.90 Å². The second kappa shape index (κ2) is 3.01. The molecule has 58 valence electrons. The van der Waals surface area contributed by atoms with Gasteiger partial charge in [0.05, 0.1) is 0 Å². The summed E-state index contributed by atoms with van der Waals surface area (Å²) in [4.78, 5) is 12.4. The fraction of sp³-hybridized carbons (Fsp3) is 0.857. The van der Waals surface area contributed by atoms with Crippen molar-refractivity contribution in [2.24, 2.45) is 5.92 Å². The lowest BCUT2D eigenvalue weighted by Crippen LogP contribution is -2.15. The van der Waals surface area contributed by atoms with E-state index in [9.17, 15) is 4.79 Å². The van der Waals surface area contributed by atoms with Crippen molar-refractivity contribution >= 4 is 5.97 Å². The summed E-state index contributed by atoms with van der Waals surface area (Å²) in [5, 5.41) is 8.44. The van der Waals surface area contributed by atoms with Gasteiger partial charge >= 0.3 is 5.97 Å². The smallest absolute Gasteiger partial charge is 0.303 e. The van der Waals surface area contributed by atoms with Crippen LogP contribution in [0.3, 0.4) is 0 Å². The maximum atomic E-state index is 10.2. The Balaban J connectivity index is 2.24. The first-order chi connectivity index (χ1) is 4.68. The van der Waals surface area contributed by atoms with E-state index in [1.54, 1.807) is 0 Å². The number of rotatable bonds is 2. The highest BCUT2D eigenvalue weighted by Crippen LogP contribution is 2.17. The van der Waals surface area contributed by atoms with E-state index in [0.29, 0.717) is 12.3 Å². The summed E-state index contributed by atoms with van der Waals surface area (Å²) in [6.07, 6.45) is 1.38. The Labute approximate surface area is 60.6 Å². The molecule has 1 aliphatic rings. The fourth-order valence-corrected chi connectivity index (χ4v) is 1.44. The highest BCUT2D eigenvalue weighted by Gasteiger charge is 2.21. The second-order valence-electron chi connectivity index (χ2n) is 3.01. The average Bonchev–Trinajstić information content (AvgIpc) is 2.13. The third-order valence-electron chi connectivity index (χ3n) is 1.95. The first-order valence-corrected chi connectivity index (χ1v) is 3.59. The van der Waals surface area contributed by atoms with Gasteiger partial charge in [0.2, 0.25) is 0 Å². The van der Waals surface area contributed by atoms with E-state index in [1.165, 1.54) is 0 Å². The fourth-order valence-electron chi connectivity index (χ4n) is 1.44. The Morgan fingerprint density at radius 2 is 2.50 bits per heavy atom. The molecule has 10 heavy (non-hydrogen) atoms. The zero-order valence-corrected chi connectivity index (χ0v) is 6.21. The van der Waals surface area contributed by atoms with E-state index in [4.69, 9.17) is 5.11 Å². The number of aliphatic carboxylic acids is 1. The average molecular weight is 143 g/mol. The number of carbonyl (C=O) groups is 1. The van der Waals surface area contributed by atoms with E-state index in [0.717, 1.165) is 19.5 Å². The third kappa shape index (κ3) is 1.99. The zero-order chi connectivity index (χ0) is 7.56. The van der Waals surface area contributed by atoms with Crippen LogP contribution in [0.15, 0.2) is 0 Å². The van der Waals surface area contributed by atoms with Gasteiger partial charge in [0, 0.05) is 13.0 Å². The molecule has 1 fully saturated rings. The number of likely N-dealkylation sites (tertiary alicyclic amines) is 1. The highest BCUT2D eigenvalue weighted by atomic mass is 16.4. The van der Waals surface area contributed by atoms with Gasteiger partial charge in [-0.25, -0.2) is 0 Å². The maximum Gasteiger partial charge on any atom is 0.303 e. The normalized spacial score (nSPS) is 27.1. The Bertz CT molecular complexity index is 136. The summed E-state index contributed by atoms with van der Waals surface area (Å²) in [6, 6.07) is 0. The summed E-state index contributed by atoms with van der Waals surface area (Å²) in [7, 11) is 2.03. The maximum absolute atomic E-state index is 10.2. The quantitative estimate of drug-likeness (QED) is 0.608. The largest absolute Gasteiger partial charge is 0.481 e. The van der Waals surface area contributed by atoms with Crippen molar-refractivity contribution in [1.29, 1.82) is 0 Å². The van der Waals surface area contributed by atoms with Crippen LogP contribution >= 0.6 is 0 Å². The third-order valence-corrected chi connectivity index (χ3v) is 1.95. The molecule has 3 nitrogen and oxygen atoms in total. The van der Waals surface area contributed by atoms with Crippen molar-refractivity contribution < 1.29 is 9.90 Å². The van der Waals surface area contributed by atoms with Crippen molar-refractivity contribution in [2.75, 3.05) is 20.1 Å². The van der Waals surface area contributed by atoms with Gasteiger partial charge in [-0.1, -0.05) is 0 Å². The van der Waals surface area contributed by atoms with Gasteiger partial charge in [-0.15, -0.1) is 0 Å². The lowest BCUT2D eigenvalue weighted by atomic mass is 10.1. The molecule has 3 heteroatoms. The molecule has 0 radical (unpaired) electrons. The summed E-state index contributed by atoms with van der Waals surface area (Å²) in [6.45, 7) is 2.00. The molecule has 0 saturated carbocycles. The van der Waals surface area contributed by atoms with Gasteiger partial charge in [-0.2, -0.15) is 0 Å². The number of hydrogen-bond acceptors (Lipinski definition) is 2. The first kappa shape index (κ1) is 7.54. The van der Waals surface area contributed by atoms with E-state index >= 15 is 0 Å². The Kier molecular flexibility index (Phi) is 2.27. The summed E-state index contributed by atoms with van der Waals surface area (Å²) >= 11 is 0. The molecule has 1 N–H and O–H groups in total. The number of carboxylic acids is 1.